The van der Waals surface area contributed by atoms with Crippen LogP contribution >= 0.6 is 23.2 Å². The van der Waals surface area contributed by atoms with Gasteiger partial charge in [0.2, 0.25) is 0 Å². The van der Waals surface area contributed by atoms with Crippen molar-refractivity contribution in [3.8, 4) is 0 Å². The molecule has 4 nitrogen and oxygen atoms in total. The second kappa shape index (κ2) is 7.15. The first-order chi connectivity index (χ1) is 14.5. The van der Waals surface area contributed by atoms with Gasteiger partial charge in [0.1, 0.15) is 12.0 Å². The lowest BCUT2D eigenvalue weighted by Gasteiger charge is -2.32. The Morgan fingerprint density at radius 1 is 0.933 bits per heavy atom. The van der Waals surface area contributed by atoms with Crippen LogP contribution < -0.4 is 10.5 Å². The van der Waals surface area contributed by atoms with Gasteiger partial charge in [0.15, 0.2) is 0 Å². The molecular weight excluding hydrogens is 417 g/mol. The number of anilines is 1. The molecule has 4 aromatic rings. The Morgan fingerprint density at radius 3 is 2.43 bits per heavy atom. The fourth-order valence-electron chi connectivity index (χ4n) is 4.33. The number of hydrogen-bond acceptors (Lipinski definition) is 3. The fraction of sp³-hybridized carbons (Fsp3) is 0.167. The molecule has 0 N–H and O–H groups in total. The zero-order chi connectivity index (χ0) is 21.0. The first kappa shape index (κ1) is 19.2. The Labute approximate surface area is 184 Å². The molecule has 30 heavy (non-hydrogen) atoms. The molecule has 3 aromatic carbocycles. The number of aromatic nitrogens is 2. The number of aryl methyl sites for hydroxylation is 1. The predicted molar refractivity (Wildman–Crippen MR) is 123 cm³/mol. The standard InChI is InChI=1S/C24H19Cl2N3O/c1-14-7-3-6-10-21(14)28-15(2)22-27-20-9-5-4-8-17(20)24(30)29(22)23(28)16-11-12-18(25)19(26)13-16/h3-13,15,23H,1-2H3. The molecule has 1 aliphatic heterocycles. The summed E-state index contributed by atoms with van der Waals surface area (Å²) >= 11 is 12.5. The lowest BCUT2D eigenvalue weighted by atomic mass is 10.1. The maximum atomic E-state index is 13.6. The molecule has 2 unspecified atom stereocenters. The van der Waals surface area contributed by atoms with Gasteiger partial charge < -0.3 is 4.90 Å². The van der Waals surface area contributed by atoms with E-state index >= 15 is 0 Å². The summed E-state index contributed by atoms with van der Waals surface area (Å²) in [6, 6.07) is 21.1. The Hall–Kier alpha value is -2.82. The molecule has 0 radical (unpaired) electrons. The third-order valence-electron chi connectivity index (χ3n) is 5.77. The van der Waals surface area contributed by atoms with Gasteiger partial charge >= 0.3 is 0 Å². The Morgan fingerprint density at radius 2 is 1.67 bits per heavy atom. The van der Waals surface area contributed by atoms with E-state index in [0.717, 1.165) is 22.6 Å². The second-order valence-electron chi connectivity index (χ2n) is 7.58. The maximum Gasteiger partial charge on any atom is 0.263 e. The molecule has 2 atom stereocenters. The number of halogens is 2. The van der Waals surface area contributed by atoms with Crippen LogP contribution in [-0.4, -0.2) is 9.55 Å². The molecular formula is C24H19Cl2N3O. The fourth-order valence-corrected chi connectivity index (χ4v) is 4.64. The van der Waals surface area contributed by atoms with Gasteiger partial charge in [0, 0.05) is 5.69 Å². The summed E-state index contributed by atoms with van der Waals surface area (Å²) in [7, 11) is 0. The normalized spacial score (nSPS) is 18.1. The van der Waals surface area contributed by atoms with E-state index in [0.29, 0.717) is 20.9 Å². The van der Waals surface area contributed by atoms with Gasteiger partial charge in [-0.3, -0.25) is 9.36 Å². The number of benzene rings is 3. The van der Waals surface area contributed by atoms with Crippen LogP contribution in [-0.2, 0) is 0 Å². The van der Waals surface area contributed by atoms with Crippen LogP contribution in [0.1, 0.15) is 36.1 Å². The van der Waals surface area contributed by atoms with E-state index in [-0.39, 0.29) is 17.8 Å². The second-order valence-corrected chi connectivity index (χ2v) is 8.39. The van der Waals surface area contributed by atoms with Crippen molar-refractivity contribution in [3.63, 3.8) is 0 Å². The Bertz CT molecular complexity index is 1350. The number of hydrogen-bond donors (Lipinski definition) is 0. The highest BCUT2D eigenvalue weighted by Crippen LogP contribution is 2.44. The van der Waals surface area contributed by atoms with Gasteiger partial charge in [-0.1, -0.05) is 59.6 Å². The molecule has 5 rings (SSSR count). The molecule has 0 saturated heterocycles. The van der Waals surface area contributed by atoms with E-state index in [1.54, 1.807) is 10.6 Å². The summed E-state index contributed by atoms with van der Waals surface area (Å²) < 4.78 is 1.79. The summed E-state index contributed by atoms with van der Waals surface area (Å²) in [5.41, 5.74) is 3.71. The Kier molecular flexibility index (Phi) is 4.57. The first-order valence-electron chi connectivity index (χ1n) is 9.77. The zero-order valence-electron chi connectivity index (χ0n) is 16.5. The van der Waals surface area contributed by atoms with Gasteiger partial charge in [-0.25, -0.2) is 4.98 Å². The summed E-state index contributed by atoms with van der Waals surface area (Å²) in [4.78, 5) is 20.7. The minimum Gasteiger partial charge on any atom is -0.337 e. The lowest BCUT2D eigenvalue weighted by molar-refractivity contribution is 0.580. The van der Waals surface area contributed by atoms with Crippen molar-refractivity contribution < 1.29 is 0 Å². The first-order valence-corrected chi connectivity index (χ1v) is 10.5. The molecule has 0 amide bonds. The molecule has 0 aliphatic carbocycles. The summed E-state index contributed by atoms with van der Waals surface area (Å²) in [6.07, 6.45) is -0.379. The lowest BCUT2D eigenvalue weighted by Crippen LogP contribution is -2.32. The predicted octanol–water partition coefficient (Wildman–Crippen LogP) is 6.14. The van der Waals surface area contributed by atoms with E-state index in [9.17, 15) is 4.79 Å². The molecule has 6 heteroatoms. The number of para-hydroxylation sites is 2. The van der Waals surface area contributed by atoms with Gasteiger partial charge in [0.25, 0.3) is 5.56 Å². The van der Waals surface area contributed by atoms with Gasteiger partial charge in [-0.15, -0.1) is 0 Å². The smallest absolute Gasteiger partial charge is 0.263 e. The molecule has 2 heterocycles. The largest absolute Gasteiger partial charge is 0.337 e. The average Bonchev–Trinajstić information content (AvgIpc) is 3.03. The van der Waals surface area contributed by atoms with Crippen LogP contribution in [0, 0.1) is 6.92 Å². The van der Waals surface area contributed by atoms with Crippen molar-refractivity contribution in [2.45, 2.75) is 26.1 Å². The highest BCUT2D eigenvalue weighted by Gasteiger charge is 2.40. The summed E-state index contributed by atoms with van der Waals surface area (Å²) in [6.45, 7) is 4.15. The number of nitrogens with zero attached hydrogens (tertiary/aromatic N) is 3. The van der Waals surface area contributed by atoms with Crippen LogP contribution in [0.5, 0.6) is 0 Å². The average molecular weight is 436 g/mol. The van der Waals surface area contributed by atoms with Crippen molar-refractivity contribution in [2.75, 3.05) is 4.90 Å². The monoisotopic (exact) mass is 435 g/mol. The number of rotatable bonds is 2. The quantitative estimate of drug-likeness (QED) is 0.379. The van der Waals surface area contributed by atoms with Crippen LogP contribution in [0.15, 0.2) is 71.5 Å². The van der Waals surface area contributed by atoms with Crippen LogP contribution in [0.4, 0.5) is 5.69 Å². The molecule has 150 valence electrons. The SMILES string of the molecule is Cc1ccccc1N1C(C)c2nc3ccccc3c(=O)n2C1c1ccc(Cl)c(Cl)c1. The van der Waals surface area contributed by atoms with Gasteiger partial charge in [-0.05, 0) is 55.3 Å². The molecule has 1 aliphatic rings. The highest BCUT2D eigenvalue weighted by atomic mass is 35.5. The number of fused-ring (bicyclic) bond motifs is 2. The van der Waals surface area contributed by atoms with Crippen LogP contribution in [0.25, 0.3) is 10.9 Å². The van der Waals surface area contributed by atoms with Crippen LogP contribution in [0.2, 0.25) is 10.0 Å². The summed E-state index contributed by atoms with van der Waals surface area (Å²) in [5, 5.41) is 1.55. The third kappa shape index (κ3) is 2.83. The van der Waals surface area contributed by atoms with Crippen LogP contribution in [0.3, 0.4) is 0 Å². The topological polar surface area (TPSA) is 38.1 Å². The molecule has 0 saturated carbocycles. The molecule has 0 bridgehead atoms. The minimum atomic E-state index is -0.379. The van der Waals surface area contributed by atoms with E-state index in [2.05, 4.69) is 30.9 Å². The molecule has 1 aromatic heterocycles. The van der Waals surface area contributed by atoms with E-state index in [4.69, 9.17) is 28.2 Å². The summed E-state index contributed by atoms with van der Waals surface area (Å²) in [5.74, 6) is 0.734. The van der Waals surface area contributed by atoms with Crippen molar-refractivity contribution in [2.24, 2.45) is 0 Å². The van der Waals surface area contributed by atoms with E-state index in [1.165, 1.54) is 0 Å². The third-order valence-corrected chi connectivity index (χ3v) is 6.51. The maximum absolute atomic E-state index is 13.6. The van der Waals surface area contributed by atoms with E-state index < -0.39 is 0 Å². The highest BCUT2D eigenvalue weighted by molar-refractivity contribution is 6.42. The van der Waals surface area contributed by atoms with Crippen molar-refractivity contribution in [1.29, 1.82) is 0 Å². The van der Waals surface area contributed by atoms with Gasteiger partial charge in [-0.2, -0.15) is 0 Å². The van der Waals surface area contributed by atoms with E-state index in [1.807, 2.05) is 48.5 Å². The Balaban J connectivity index is 1.84. The zero-order valence-corrected chi connectivity index (χ0v) is 18.0. The minimum absolute atomic E-state index is 0.0605. The molecule has 0 fully saturated rings. The molecule has 0 spiro atoms. The van der Waals surface area contributed by atoms with Crippen molar-refractivity contribution >= 4 is 39.8 Å². The van der Waals surface area contributed by atoms with Crippen molar-refractivity contribution in [1.82, 2.24) is 9.55 Å². The van der Waals surface area contributed by atoms with Gasteiger partial charge in [0.05, 0.1) is 27.0 Å². The van der Waals surface area contributed by atoms with Crippen molar-refractivity contribution in [3.05, 3.63) is 104 Å².